The summed E-state index contributed by atoms with van der Waals surface area (Å²) in [7, 11) is 0. The van der Waals surface area contributed by atoms with Crippen LogP contribution in [-0.2, 0) is 9.59 Å². The second kappa shape index (κ2) is 16.4. The number of non-ortho nitro benzene ring substituents is 1. The fourth-order valence-electron chi connectivity index (χ4n) is 6.94. The number of benzene rings is 2. The fourth-order valence-corrected chi connectivity index (χ4v) is 6.94. The van der Waals surface area contributed by atoms with Gasteiger partial charge in [0.2, 0.25) is 0 Å². The minimum Gasteiger partial charge on any atom is -0.493 e. The van der Waals surface area contributed by atoms with Crippen molar-refractivity contribution < 1.29 is 52.5 Å². The Morgan fingerprint density at radius 1 is 1.06 bits per heavy atom. The van der Waals surface area contributed by atoms with E-state index < -0.39 is 70.1 Å². The number of unbranched alkanes of at least 4 members (excludes halogenated alkanes) is 1. The predicted octanol–water partition coefficient (Wildman–Crippen LogP) is 5.14. The Bertz CT molecular complexity index is 1400. The lowest BCUT2D eigenvalue weighted by atomic mass is 9.49. The zero-order chi connectivity index (χ0) is 35.7. The topological polar surface area (TPSA) is 180 Å². The normalized spacial score (nSPS) is 24.9. The van der Waals surface area contributed by atoms with Gasteiger partial charge in [0.25, 0.3) is 5.69 Å². The van der Waals surface area contributed by atoms with Crippen LogP contribution in [0.5, 0.6) is 11.5 Å². The highest BCUT2D eigenvalue weighted by Gasteiger charge is 2.72. The van der Waals surface area contributed by atoms with E-state index >= 15 is 0 Å². The predicted molar refractivity (Wildman–Crippen MR) is 169 cm³/mol. The molecule has 12 nitrogen and oxygen atoms in total. The zero-order valence-electron chi connectivity index (χ0n) is 27.2. The first-order valence-corrected chi connectivity index (χ1v) is 15.9. The van der Waals surface area contributed by atoms with Crippen molar-refractivity contribution in [2.45, 2.75) is 83.2 Å². The number of nitro benzene ring substituents is 1. The second-order valence-electron chi connectivity index (χ2n) is 12.1. The number of carboxylic acid groups (broad SMARTS) is 2. The van der Waals surface area contributed by atoms with Crippen LogP contribution in [0.1, 0.15) is 64.4 Å². The first kappa shape index (κ1) is 38.5. The molecule has 1 saturated heterocycles. The van der Waals surface area contributed by atoms with Gasteiger partial charge in [-0.1, -0.05) is 38.5 Å². The van der Waals surface area contributed by atoms with Crippen molar-refractivity contribution in [3.8, 4) is 11.5 Å². The molecule has 6 unspecified atom stereocenters. The molecule has 0 saturated carbocycles. The van der Waals surface area contributed by atoms with Gasteiger partial charge < -0.3 is 35.4 Å². The Morgan fingerprint density at radius 3 is 2.29 bits per heavy atom. The van der Waals surface area contributed by atoms with E-state index in [0.717, 1.165) is 12.1 Å². The Balaban J connectivity index is 1.89. The summed E-state index contributed by atoms with van der Waals surface area (Å²) in [4.78, 5) is 37.3. The number of alkyl halides is 3. The van der Waals surface area contributed by atoms with Crippen LogP contribution in [0.2, 0.25) is 0 Å². The fraction of sp³-hybridized carbons (Fsp3) is 0.576. The Hall–Kier alpha value is -3.95. The van der Waals surface area contributed by atoms with Gasteiger partial charge in [0.05, 0.1) is 22.4 Å². The molecule has 15 heteroatoms. The van der Waals surface area contributed by atoms with Gasteiger partial charge in [0, 0.05) is 36.2 Å². The second-order valence-corrected chi connectivity index (χ2v) is 12.1. The summed E-state index contributed by atoms with van der Waals surface area (Å²) in [5, 5.41) is 48.7. The molecule has 1 aliphatic heterocycles. The van der Waals surface area contributed by atoms with Crippen LogP contribution in [0.15, 0.2) is 48.5 Å². The van der Waals surface area contributed by atoms with Crippen LogP contribution in [0.4, 0.5) is 18.9 Å². The third-order valence-corrected chi connectivity index (χ3v) is 9.19. The number of nitrogens with one attached hydrogen (secondary N) is 2. The number of hydrogen-bond donors (Lipinski definition) is 5. The molecule has 0 amide bonds. The van der Waals surface area contributed by atoms with E-state index in [-0.39, 0.29) is 43.9 Å². The molecule has 0 bridgehead atoms. The SMILES string of the molecule is CCCC1(C(=O)O)C(C)NC(C(F)(F)F)C(CC)(C(=O)O)C1c1cc([N+](=O)[O-])ccc1OCCCCNCC(O)COc1ccccc1. The maximum Gasteiger partial charge on any atom is 0.405 e. The number of para-hydroxylation sites is 1. The number of aliphatic hydroxyl groups excluding tert-OH is 1. The van der Waals surface area contributed by atoms with Crippen molar-refractivity contribution in [3.05, 3.63) is 64.2 Å². The van der Waals surface area contributed by atoms with Crippen molar-refractivity contribution >= 4 is 17.6 Å². The smallest absolute Gasteiger partial charge is 0.405 e. The third kappa shape index (κ3) is 8.18. The van der Waals surface area contributed by atoms with E-state index in [1.807, 2.05) is 18.2 Å². The number of halogens is 3. The molecule has 48 heavy (non-hydrogen) atoms. The standard InChI is InChI=1S/C33H44F3N3O9/c1-4-15-32(30(43)44)21(3)38-28(33(34,35)36)31(5-2,29(41)42)27(32)25-18-22(39(45)46)13-14-26(25)47-17-10-9-16-37-19-23(40)20-48-24-11-7-6-8-12-24/h6-8,11-14,18,21,23,27-28,37-38,40H,4-5,9-10,15-17,19-20H2,1-3H3,(H,41,42)(H,43,44). The van der Waals surface area contributed by atoms with Gasteiger partial charge in [-0.2, -0.15) is 13.2 Å². The maximum atomic E-state index is 14.7. The average molecular weight is 684 g/mol. The van der Waals surface area contributed by atoms with Crippen LogP contribution in [0.3, 0.4) is 0 Å². The lowest BCUT2D eigenvalue weighted by molar-refractivity contribution is -0.385. The molecule has 0 radical (unpaired) electrons. The molecule has 6 atom stereocenters. The van der Waals surface area contributed by atoms with E-state index in [4.69, 9.17) is 9.47 Å². The lowest BCUT2D eigenvalue weighted by Crippen LogP contribution is -2.73. The molecule has 2 aromatic rings. The summed E-state index contributed by atoms with van der Waals surface area (Å²) < 4.78 is 55.5. The quantitative estimate of drug-likeness (QED) is 0.0798. The summed E-state index contributed by atoms with van der Waals surface area (Å²) in [6.07, 6.45) is -5.60. The number of aliphatic carboxylic acids is 2. The average Bonchev–Trinajstić information content (AvgIpc) is 3.03. The molecule has 2 aromatic carbocycles. The number of carbonyl (C=O) groups is 2. The first-order chi connectivity index (χ1) is 22.7. The Kier molecular flexibility index (Phi) is 13.2. The highest BCUT2D eigenvalue weighted by molar-refractivity contribution is 5.85. The van der Waals surface area contributed by atoms with Crippen molar-refractivity contribution in [2.24, 2.45) is 10.8 Å². The van der Waals surface area contributed by atoms with Gasteiger partial charge >= 0.3 is 18.1 Å². The van der Waals surface area contributed by atoms with Gasteiger partial charge in [0.15, 0.2) is 0 Å². The first-order valence-electron chi connectivity index (χ1n) is 15.9. The third-order valence-electron chi connectivity index (χ3n) is 9.19. The van der Waals surface area contributed by atoms with Crippen molar-refractivity contribution in [1.82, 2.24) is 10.6 Å². The molecule has 266 valence electrons. The molecule has 5 N–H and O–H groups in total. The highest BCUT2D eigenvalue weighted by atomic mass is 19.4. The largest absolute Gasteiger partial charge is 0.493 e. The summed E-state index contributed by atoms with van der Waals surface area (Å²) in [6, 6.07) is 8.19. The van der Waals surface area contributed by atoms with Crippen molar-refractivity contribution in [1.29, 1.82) is 0 Å². The van der Waals surface area contributed by atoms with E-state index in [0.29, 0.717) is 25.1 Å². The van der Waals surface area contributed by atoms with Gasteiger partial charge in [0.1, 0.15) is 30.3 Å². The number of aliphatic hydroxyl groups is 1. The number of carboxylic acids is 2. The van der Waals surface area contributed by atoms with E-state index in [2.05, 4.69) is 10.6 Å². The molecule has 1 fully saturated rings. The number of ether oxygens (including phenoxy) is 2. The summed E-state index contributed by atoms with van der Waals surface area (Å²) in [6.45, 7) is 4.94. The minimum atomic E-state index is -5.10. The number of hydrogen-bond acceptors (Lipinski definition) is 9. The Morgan fingerprint density at radius 2 is 1.73 bits per heavy atom. The summed E-state index contributed by atoms with van der Waals surface area (Å²) in [5.74, 6) is -4.76. The summed E-state index contributed by atoms with van der Waals surface area (Å²) >= 11 is 0. The monoisotopic (exact) mass is 683 g/mol. The Labute approximate surface area is 276 Å². The zero-order valence-corrected chi connectivity index (χ0v) is 27.2. The number of nitrogens with zero attached hydrogens (tertiary/aromatic N) is 1. The van der Waals surface area contributed by atoms with Crippen molar-refractivity contribution in [3.63, 3.8) is 0 Å². The van der Waals surface area contributed by atoms with Crippen molar-refractivity contribution in [2.75, 3.05) is 26.3 Å². The van der Waals surface area contributed by atoms with Crippen LogP contribution in [0.25, 0.3) is 0 Å². The van der Waals surface area contributed by atoms with Crippen LogP contribution in [-0.4, -0.2) is 82.8 Å². The highest BCUT2D eigenvalue weighted by Crippen LogP contribution is 2.62. The molecule has 1 aliphatic rings. The molecule has 1 heterocycles. The van der Waals surface area contributed by atoms with Gasteiger partial charge in [-0.05, 0) is 57.4 Å². The van der Waals surface area contributed by atoms with Gasteiger partial charge in [-0.3, -0.25) is 19.7 Å². The molecular formula is C33H44F3N3O9. The van der Waals surface area contributed by atoms with Crippen LogP contribution in [0, 0.1) is 20.9 Å². The lowest BCUT2D eigenvalue weighted by Gasteiger charge is -2.58. The van der Waals surface area contributed by atoms with E-state index in [9.17, 15) is 48.2 Å². The number of nitro groups is 1. The summed E-state index contributed by atoms with van der Waals surface area (Å²) in [5.41, 5.74) is -5.68. The number of rotatable bonds is 18. The van der Waals surface area contributed by atoms with E-state index in [1.165, 1.54) is 19.9 Å². The molecule has 3 rings (SSSR count). The van der Waals surface area contributed by atoms with E-state index in [1.54, 1.807) is 19.1 Å². The minimum absolute atomic E-state index is 0.00453. The maximum absolute atomic E-state index is 14.7. The van der Waals surface area contributed by atoms with Crippen LogP contribution < -0.4 is 20.1 Å². The molecule has 0 spiro atoms. The van der Waals surface area contributed by atoms with Crippen LogP contribution >= 0.6 is 0 Å². The van der Waals surface area contributed by atoms with Gasteiger partial charge in [-0.15, -0.1) is 0 Å². The molecular weight excluding hydrogens is 639 g/mol. The molecule has 0 aromatic heterocycles. The van der Waals surface area contributed by atoms with Gasteiger partial charge in [-0.25, -0.2) is 0 Å². The number of piperidine rings is 1. The molecule has 0 aliphatic carbocycles.